The molecule has 0 saturated carbocycles. The Balaban J connectivity index is 1.11. The molecule has 0 fully saturated rings. The molecule has 2 atom stereocenters. The molecule has 3 aromatic heterocycles. The van der Waals surface area contributed by atoms with Crippen LogP contribution in [0.4, 0.5) is 0 Å². The molecule has 4 heterocycles. The first-order chi connectivity index (χ1) is 25.3. The summed E-state index contributed by atoms with van der Waals surface area (Å²) in [6, 6.07) is 57.0. The smallest absolute Gasteiger partial charge is 0.206 e. The quantitative estimate of drug-likeness (QED) is 0.194. The normalized spacial score (nSPS) is 16.4. The van der Waals surface area contributed by atoms with E-state index in [1.165, 1.54) is 62.2 Å². The predicted octanol–water partition coefficient (Wildman–Crippen LogP) is 12.0. The van der Waals surface area contributed by atoms with E-state index in [0.29, 0.717) is 0 Å². The molecule has 0 radical (unpaired) electrons. The molecule has 4 nitrogen and oxygen atoms in total. The number of aliphatic imine (C=N–C) groups is 1. The number of nitrogens with one attached hydrogen (secondary N) is 2. The van der Waals surface area contributed by atoms with E-state index >= 15 is 0 Å². The maximum atomic E-state index is 5.49. The fourth-order valence-electron chi connectivity index (χ4n) is 7.86. The van der Waals surface area contributed by atoms with Gasteiger partial charge in [-0.05, 0) is 52.6 Å². The van der Waals surface area contributed by atoms with Crippen molar-refractivity contribution in [3.8, 4) is 11.1 Å². The highest BCUT2D eigenvalue weighted by atomic mass is 32.1. The summed E-state index contributed by atoms with van der Waals surface area (Å²) in [5.74, 6) is 0.825. The van der Waals surface area contributed by atoms with E-state index in [1.54, 1.807) is 0 Å². The average molecular weight is 691 g/mol. The van der Waals surface area contributed by atoms with E-state index in [1.807, 2.05) is 22.7 Å². The van der Waals surface area contributed by atoms with Gasteiger partial charge in [0.1, 0.15) is 12.3 Å². The molecule has 0 bridgehead atoms. The van der Waals surface area contributed by atoms with Gasteiger partial charge in [-0.3, -0.25) is 9.88 Å². The van der Waals surface area contributed by atoms with Gasteiger partial charge < -0.3 is 5.32 Å². The Kier molecular flexibility index (Phi) is 6.46. The number of hydrogen-bond acceptors (Lipinski definition) is 5. The first-order valence-electron chi connectivity index (χ1n) is 17.3. The monoisotopic (exact) mass is 690 g/mol. The molecule has 0 spiro atoms. The summed E-state index contributed by atoms with van der Waals surface area (Å²) in [6.07, 6.45) is -0.419. The Morgan fingerprint density at radius 1 is 0.471 bits per heavy atom. The first kappa shape index (κ1) is 29.0. The van der Waals surface area contributed by atoms with Gasteiger partial charge in [0.05, 0.1) is 20.4 Å². The van der Waals surface area contributed by atoms with Crippen LogP contribution >= 0.6 is 22.7 Å². The van der Waals surface area contributed by atoms with Crippen LogP contribution in [0.25, 0.3) is 73.3 Å². The van der Waals surface area contributed by atoms with E-state index in [4.69, 9.17) is 4.99 Å². The molecule has 51 heavy (non-hydrogen) atoms. The number of benzene rings is 7. The first-order valence-corrected chi connectivity index (χ1v) is 18.9. The number of hydrogen-bond donors (Lipinski definition) is 2. The molecule has 1 aliphatic heterocycles. The third-order valence-electron chi connectivity index (χ3n) is 10.3. The highest BCUT2D eigenvalue weighted by Crippen LogP contribution is 2.45. The topological polar surface area (TPSA) is 41.4 Å². The van der Waals surface area contributed by atoms with Crippen LogP contribution in [0.3, 0.4) is 0 Å². The average Bonchev–Trinajstić information content (AvgIpc) is 3.87. The summed E-state index contributed by atoms with van der Waals surface area (Å²) in [5, 5.41) is 15.4. The molecule has 0 aliphatic carbocycles. The highest BCUT2D eigenvalue weighted by Gasteiger charge is 2.28. The molecule has 7 aromatic carbocycles. The zero-order valence-electron chi connectivity index (χ0n) is 27.4. The lowest BCUT2D eigenvalue weighted by Gasteiger charge is -2.32. The van der Waals surface area contributed by atoms with Crippen LogP contribution in [0.5, 0.6) is 0 Å². The van der Waals surface area contributed by atoms with Crippen LogP contribution in [0.2, 0.25) is 0 Å². The second-order valence-electron chi connectivity index (χ2n) is 13.2. The Labute approximate surface area is 301 Å². The standard InChI is InChI=1S/C45H30N4S2/c1-3-11-27(12-4-1)29-19-21-32-31-15-7-9-17-37(31)49(38(32)26-29)45-47-43(28-13-5-2-6-14-28)46-44(48-45)30-20-24-40-36(25-30)35-23-22-34-33-16-8-10-18-39(33)50-41(34)42(35)51-40/h1-26,43-44,46H,(H,47,48). The van der Waals surface area contributed by atoms with Crippen molar-refractivity contribution in [1.29, 1.82) is 0 Å². The maximum absolute atomic E-state index is 5.49. The second kappa shape index (κ2) is 11.4. The summed E-state index contributed by atoms with van der Waals surface area (Å²) in [6.45, 7) is 0. The van der Waals surface area contributed by atoms with Gasteiger partial charge in [0.2, 0.25) is 5.96 Å². The van der Waals surface area contributed by atoms with Crippen molar-refractivity contribution >= 4 is 90.8 Å². The Hall–Kier alpha value is -5.79. The minimum Gasteiger partial charge on any atom is -0.336 e. The van der Waals surface area contributed by atoms with E-state index < -0.39 is 0 Å². The molecular weight excluding hydrogens is 661 g/mol. The largest absolute Gasteiger partial charge is 0.336 e. The van der Waals surface area contributed by atoms with Crippen molar-refractivity contribution in [3.63, 3.8) is 0 Å². The van der Waals surface area contributed by atoms with Gasteiger partial charge in [0, 0.05) is 41.7 Å². The fraction of sp³-hybridized carbons (Fsp3) is 0.0444. The molecule has 1 aliphatic rings. The SMILES string of the molecule is c1ccc(-c2ccc3c4ccccc4n(C4=NC(c5ccc6sc7c(ccc8c9ccccc9sc87)c6c5)NC(c5ccccc5)N4)c3c2)cc1. The number of aromatic nitrogens is 1. The van der Waals surface area contributed by atoms with Crippen LogP contribution in [0.15, 0.2) is 163 Å². The van der Waals surface area contributed by atoms with Crippen molar-refractivity contribution in [2.24, 2.45) is 4.99 Å². The van der Waals surface area contributed by atoms with Crippen molar-refractivity contribution in [1.82, 2.24) is 15.2 Å². The molecule has 2 N–H and O–H groups in total. The lowest BCUT2D eigenvalue weighted by atomic mass is 10.0. The van der Waals surface area contributed by atoms with Crippen LogP contribution in [-0.4, -0.2) is 10.5 Å². The number of para-hydroxylation sites is 1. The van der Waals surface area contributed by atoms with Gasteiger partial charge >= 0.3 is 0 Å². The lowest BCUT2D eigenvalue weighted by Crippen LogP contribution is -2.47. The van der Waals surface area contributed by atoms with Crippen molar-refractivity contribution in [2.75, 3.05) is 0 Å². The van der Waals surface area contributed by atoms with Crippen molar-refractivity contribution in [3.05, 3.63) is 169 Å². The number of rotatable bonds is 3. The number of nitrogens with zero attached hydrogens (tertiary/aromatic N) is 2. The maximum Gasteiger partial charge on any atom is 0.206 e. The highest BCUT2D eigenvalue weighted by molar-refractivity contribution is 7.33. The number of thiophene rings is 2. The fourth-order valence-corrected chi connectivity index (χ4v) is 10.4. The third kappa shape index (κ3) is 4.58. The van der Waals surface area contributed by atoms with Gasteiger partial charge in [-0.2, -0.15) is 0 Å². The van der Waals surface area contributed by atoms with E-state index in [9.17, 15) is 0 Å². The summed E-state index contributed by atoms with van der Waals surface area (Å²) in [4.78, 5) is 5.49. The van der Waals surface area contributed by atoms with Crippen LogP contribution in [0.1, 0.15) is 23.5 Å². The third-order valence-corrected chi connectivity index (χ3v) is 12.8. The van der Waals surface area contributed by atoms with Crippen LogP contribution in [0, 0.1) is 0 Å². The molecule has 6 heteroatoms. The van der Waals surface area contributed by atoms with E-state index in [0.717, 1.165) is 28.1 Å². The van der Waals surface area contributed by atoms with Crippen molar-refractivity contribution < 1.29 is 0 Å². The second-order valence-corrected chi connectivity index (χ2v) is 15.3. The van der Waals surface area contributed by atoms with Gasteiger partial charge in [0.15, 0.2) is 0 Å². The van der Waals surface area contributed by atoms with Crippen LogP contribution in [-0.2, 0) is 0 Å². The summed E-state index contributed by atoms with van der Waals surface area (Å²) in [5.41, 5.74) is 6.94. The molecule has 0 amide bonds. The summed E-state index contributed by atoms with van der Waals surface area (Å²) in [7, 11) is 0. The van der Waals surface area contributed by atoms with E-state index in [-0.39, 0.29) is 12.3 Å². The number of fused-ring (bicyclic) bond motifs is 10. The molecule has 242 valence electrons. The summed E-state index contributed by atoms with van der Waals surface area (Å²) < 4.78 is 7.70. The van der Waals surface area contributed by atoms with Gasteiger partial charge in [-0.15, -0.1) is 22.7 Å². The Bertz CT molecular complexity index is 2990. The van der Waals surface area contributed by atoms with E-state index in [2.05, 4.69) is 173 Å². The zero-order chi connectivity index (χ0) is 33.5. The summed E-state index contributed by atoms with van der Waals surface area (Å²) >= 11 is 3.80. The molecule has 0 saturated heterocycles. The Morgan fingerprint density at radius 3 is 1.94 bits per heavy atom. The minimum absolute atomic E-state index is 0.148. The molecular formula is C45H30N4S2. The predicted molar refractivity (Wildman–Crippen MR) is 218 cm³/mol. The van der Waals surface area contributed by atoms with Crippen molar-refractivity contribution in [2.45, 2.75) is 12.3 Å². The lowest BCUT2D eigenvalue weighted by molar-refractivity contribution is 0.403. The molecule has 10 aromatic rings. The van der Waals surface area contributed by atoms with Crippen LogP contribution < -0.4 is 10.6 Å². The van der Waals surface area contributed by atoms with Gasteiger partial charge in [-0.25, -0.2) is 4.99 Å². The molecule has 11 rings (SSSR count). The zero-order valence-corrected chi connectivity index (χ0v) is 29.0. The van der Waals surface area contributed by atoms with Gasteiger partial charge in [-0.1, -0.05) is 127 Å². The van der Waals surface area contributed by atoms with Gasteiger partial charge in [0.25, 0.3) is 0 Å². The minimum atomic E-state index is -0.271. The molecule has 2 unspecified atom stereocenters. The Morgan fingerprint density at radius 2 is 1.12 bits per heavy atom.